The van der Waals surface area contributed by atoms with E-state index in [-0.39, 0.29) is 35.3 Å². The highest BCUT2D eigenvalue weighted by molar-refractivity contribution is 9.10. The number of carbonyl (C=O) groups is 5. The van der Waals surface area contributed by atoms with Crippen molar-refractivity contribution in [2.45, 2.75) is 23.5 Å². The highest BCUT2D eigenvalue weighted by atomic mass is 79.9. The van der Waals surface area contributed by atoms with Crippen molar-refractivity contribution in [1.29, 1.82) is 0 Å². The Morgan fingerprint density at radius 3 is 2.33 bits per heavy atom. The van der Waals surface area contributed by atoms with Crippen molar-refractivity contribution in [3.8, 4) is 0 Å². The van der Waals surface area contributed by atoms with E-state index in [9.17, 15) is 28.4 Å². The standard InChI is InChI=1S/C34H25BrFN3O5S/c1-20(40)22-11-15-25(16-12-22)39-31(41)19-30(34(39)44)45-26-6-4-5-24(18-26)37-33(43)29(17-21-9-13-23(35)14-10-21)38-32(42)27-7-2-3-8-28(27)36/h2-18,30H,19H2,1H3,(H,37,43)(H,38,42)/b29-17-/t30-/m0/s1. The highest BCUT2D eigenvalue weighted by Crippen LogP contribution is 2.35. The fourth-order valence-corrected chi connectivity index (χ4v) is 5.92. The number of hydrogen-bond acceptors (Lipinski definition) is 6. The van der Waals surface area contributed by atoms with E-state index in [0.29, 0.717) is 27.4 Å². The summed E-state index contributed by atoms with van der Waals surface area (Å²) in [4.78, 5) is 65.6. The zero-order chi connectivity index (χ0) is 32.1. The van der Waals surface area contributed by atoms with E-state index in [4.69, 9.17) is 0 Å². The van der Waals surface area contributed by atoms with Crippen molar-refractivity contribution < 1.29 is 28.4 Å². The lowest BCUT2D eigenvalue weighted by Gasteiger charge is -2.15. The first kappa shape index (κ1) is 31.6. The predicted molar refractivity (Wildman–Crippen MR) is 174 cm³/mol. The first-order valence-electron chi connectivity index (χ1n) is 13.7. The molecule has 8 nitrogen and oxygen atoms in total. The zero-order valence-electron chi connectivity index (χ0n) is 23.8. The molecule has 0 aromatic heterocycles. The molecule has 1 atom stereocenters. The molecule has 226 valence electrons. The van der Waals surface area contributed by atoms with Gasteiger partial charge in [0.2, 0.25) is 11.8 Å². The topological polar surface area (TPSA) is 113 Å². The Hall–Kier alpha value is -4.87. The summed E-state index contributed by atoms with van der Waals surface area (Å²) in [5.41, 5.74) is 1.52. The third-order valence-electron chi connectivity index (χ3n) is 6.80. The van der Waals surface area contributed by atoms with Crippen molar-refractivity contribution in [3.05, 3.63) is 130 Å². The second-order valence-electron chi connectivity index (χ2n) is 10.0. The molecule has 1 fully saturated rings. The monoisotopic (exact) mass is 685 g/mol. The van der Waals surface area contributed by atoms with Crippen LogP contribution in [0.15, 0.2) is 112 Å². The maximum atomic E-state index is 14.3. The fourth-order valence-electron chi connectivity index (χ4n) is 4.54. The second kappa shape index (κ2) is 13.8. The molecule has 0 aliphatic carbocycles. The minimum absolute atomic E-state index is 0.0172. The number of Topliss-reactive ketones (excluding diaryl/α,β-unsaturated/α-hetero) is 1. The molecule has 0 spiro atoms. The number of hydrogen-bond donors (Lipinski definition) is 2. The average Bonchev–Trinajstić information content (AvgIpc) is 3.29. The third-order valence-corrected chi connectivity index (χ3v) is 8.51. The summed E-state index contributed by atoms with van der Waals surface area (Å²) in [5.74, 6) is -3.03. The third kappa shape index (κ3) is 7.62. The van der Waals surface area contributed by atoms with E-state index in [2.05, 4.69) is 26.6 Å². The van der Waals surface area contributed by atoms with Gasteiger partial charge < -0.3 is 10.6 Å². The lowest BCUT2D eigenvalue weighted by atomic mass is 10.1. The second-order valence-corrected chi connectivity index (χ2v) is 12.2. The molecule has 0 unspecified atom stereocenters. The van der Waals surface area contributed by atoms with Crippen LogP contribution in [0.3, 0.4) is 0 Å². The number of nitrogens with zero attached hydrogens (tertiary/aromatic N) is 1. The van der Waals surface area contributed by atoms with E-state index < -0.39 is 22.9 Å². The van der Waals surface area contributed by atoms with Gasteiger partial charge in [-0.25, -0.2) is 9.29 Å². The van der Waals surface area contributed by atoms with Gasteiger partial charge in [-0.15, -0.1) is 11.8 Å². The molecule has 1 heterocycles. The summed E-state index contributed by atoms with van der Waals surface area (Å²) < 4.78 is 15.1. The Kier molecular flexibility index (Phi) is 9.70. The number of ketones is 1. The smallest absolute Gasteiger partial charge is 0.272 e. The summed E-state index contributed by atoms with van der Waals surface area (Å²) in [6.07, 6.45) is 1.45. The Morgan fingerprint density at radius 1 is 0.933 bits per heavy atom. The molecule has 1 saturated heterocycles. The van der Waals surface area contributed by atoms with Crippen LogP contribution in [0.4, 0.5) is 15.8 Å². The van der Waals surface area contributed by atoms with Crippen LogP contribution in [0.5, 0.6) is 0 Å². The van der Waals surface area contributed by atoms with Crippen LogP contribution in [-0.2, 0) is 14.4 Å². The maximum Gasteiger partial charge on any atom is 0.272 e. The Labute approximate surface area is 270 Å². The summed E-state index contributed by atoms with van der Waals surface area (Å²) >= 11 is 4.55. The molecule has 11 heteroatoms. The number of amides is 4. The molecule has 4 aromatic carbocycles. The van der Waals surface area contributed by atoms with Gasteiger partial charge in [0.1, 0.15) is 11.5 Å². The van der Waals surface area contributed by atoms with E-state index in [0.717, 1.165) is 15.4 Å². The quantitative estimate of drug-likeness (QED) is 0.116. The normalized spacial score (nSPS) is 14.8. The van der Waals surface area contributed by atoms with Gasteiger partial charge in [-0.3, -0.25) is 24.0 Å². The number of anilines is 2. The van der Waals surface area contributed by atoms with Crippen LogP contribution >= 0.6 is 27.7 Å². The summed E-state index contributed by atoms with van der Waals surface area (Å²) in [6, 6.07) is 25.5. The first-order valence-corrected chi connectivity index (χ1v) is 15.4. The molecule has 1 aliphatic heterocycles. The van der Waals surface area contributed by atoms with Crippen molar-refractivity contribution in [2.24, 2.45) is 0 Å². The van der Waals surface area contributed by atoms with E-state index in [1.807, 2.05) is 0 Å². The van der Waals surface area contributed by atoms with Crippen LogP contribution in [0.2, 0.25) is 0 Å². The number of nitrogens with one attached hydrogen (secondary N) is 2. The van der Waals surface area contributed by atoms with Crippen molar-refractivity contribution in [3.63, 3.8) is 0 Å². The predicted octanol–water partition coefficient (Wildman–Crippen LogP) is 6.62. The Balaban J connectivity index is 1.32. The van der Waals surface area contributed by atoms with Gasteiger partial charge in [0.25, 0.3) is 11.8 Å². The molecule has 5 rings (SSSR count). The zero-order valence-corrected chi connectivity index (χ0v) is 26.2. The van der Waals surface area contributed by atoms with Gasteiger partial charge in [0.05, 0.1) is 16.5 Å². The van der Waals surface area contributed by atoms with Gasteiger partial charge in [0.15, 0.2) is 5.78 Å². The molecular formula is C34H25BrFN3O5S. The van der Waals surface area contributed by atoms with Crippen molar-refractivity contribution >= 4 is 74.6 Å². The molecule has 4 aromatic rings. The van der Waals surface area contributed by atoms with Gasteiger partial charge in [-0.2, -0.15) is 0 Å². The first-order chi connectivity index (χ1) is 21.6. The average molecular weight is 687 g/mol. The lowest BCUT2D eigenvalue weighted by molar-refractivity contribution is -0.121. The van der Waals surface area contributed by atoms with Crippen molar-refractivity contribution in [1.82, 2.24) is 5.32 Å². The van der Waals surface area contributed by atoms with Gasteiger partial charge in [0, 0.05) is 27.0 Å². The molecular weight excluding hydrogens is 661 g/mol. The Morgan fingerprint density at radius 2 is 1.64 bits per heavy atom. The van der Waals surface area contributed by atoms with E-state index >= 15 is 0 Å². The number of halogens is 2. The van der Waals surface area contributed by atoms with Crippen molar-refractivity contribution in [2.75, 3.05) is 10.2 Å². The molecule has 0 radical (unpaired) electrons. The molecule has 45 heavy (non-hydrogen) atoms. The summed E-state index contributed by atoms with van der Waals surface area (Å²) in [6.45, 7) is 1.44. The van der Waals surface area contributed by atoms with Gasteiger partial charge >= 0.3 is 0 Å². The number of imide groups is 1. The molecule has 2 N–H and O–H groups in total. The number of benzene rings is 4. The van der Waals surface area contributed by atoms with Crippen LogP contribution in [0.1, 0.15) is 39.6 Å². The molecule has 4 amide bonds. The van der Waals surface area contributed by atoms with Crippen LogP contribution in [-0.4, -0.2) is 34.7 Å². The minimum Gasteiger partial charge on any atom is -0.321 e. The largest absolute Gasteiger partial charge is 0.321 e. The van der Waals surface area contributed by atoms with Crippen LogP contribution < -0.4 is 15.5 Å². The van der Waals surface area contributed by atoms with Gasteiger partial charge in [-0.05, 0) is 85.3 Å². The lowest BCUT2D eigenvalue weighted by Crippen LogP contribution is -2.31. The molecule has 0 saturated carbocycles. The fraction of sp³-hybridized carbons (Fsp3) is 0.0882. The number of rotatable bonds is 9. The number of thioether (sulfide) groups is 1. The summed E-state index contributed by atoms with van der Waals surface area (Å²) in [7, 11) is 0. The van der Waals surface area contributed by atoms with Crippen LogP contribution in [0.25, 0.3) is 6.08 Å². The van der Waals surface area contributed by atoms with E-state index in [1.54, 1.807) is 72.8 Å². The number of carbonyl (C=O) groups excluding carboxylic acids is 5. The SMILES string of the molecule is CC(=O)c1ccc(N2C(=O)C[C@H](Sc3cccc(NC(=O)/C(=C/c4ccc(Br)cc4)NC(=O)c4ccccc4F)c3)C2=O)cc1. The van der Waals surface area contributed by atoms with E-state index in [1.165, 1.54) is 43.0 Å². The molecule has 0 bridgehead atoms. The highest BCUT2D eigenvalue weighted by Gasteiger charge is 2.40. The molecule has 1 aliphatic rings. The Bertz CT molecular complexity index is 1840. The van der Waals surface area contributed by atoms with Gasteiger partial charge in [-0.1, -0.05) is 46.3 Å². The summed E-state index contributed by atoms with van der Waals surface area (Å²) in [5, 5.41) is 4.58. The maximum absolute atomic E-state index is 14.3. The minimum atomic E-state index is -0.791. The van der Waals surface area contributed by atoms with Crippen LogP contribution in [0, 0.1) is 5.82 Å².